The van der Waals surface area contributed by atoms with Crippen molar-refractivity contribution in [2.24, 2.45) is 0 Å². The van der Waals surface area contributed by atoms with Gasteiger partial charge in [-0.25, -0.2) is 4.57 Å². The molecule has 2 aliphatic rings. The Kier molecular flexibility index (Phi) is 4.96. The molecule has 13 nitrogen and oxygen atoms in total. The highest BCUT2D eigenvalue weighted by molar-refractivity contribution is 7.46. The van der Waals surface area contributed by atoms with Gasteiger partial charge in [0.05, 0.1) is 13.3 Å². The van der Waals surface area contributed by atoms with Crippen LogP contribution >= 0.6 is 7.82 Å². The summed E-state index contributed by atoms with van der Waals surface area (Å²) in [5.41, 5.74) is 5.39. The maximum atomic E-state index is 12.2. The molecule has 1 fully saturated rings. The van der Waals surface area contributed by atoms with Gasteiger partial charge in [0.25, 0.3) is 5.56 Å². The Morgan fingerprint density at radius 2 is 2.12 bits per heavy atom. The van der Waals surface area contributed by atoms with Crippen LogP contribution in [0, 0.1) is 0 Å². The van der Waals surface area contributed by atoms with Gasteiger partial charge >= 0.3 is 7.82 Å². The molecule has 1 saturated heterocycles. The predicted octanol–water partition coefficient (Wildman–Crippen LogP) is -2.49. The minimum atomic E-state index is -4.76. The number of ether oxygens (including phenoxy) is 1. The van der Waals surface area contributed by atoms with E-state index in [1.54, 1.807) is 4.90 Å². The Morgan fingerprint density at radius 1 is 1.42 bits per heavy atom. The zero-order valence-corrected chi connectivity index (χ0v) is 14.6. The minimum absolute atomic E-state index is 0.119. The van der Waals surface area contributed by atoms with Gasteiger partial charge in [0, 0.05) is 6.54 Å². The van der Waals surface area contributed by atoms with Gasteiger partial charge in [-0.2, -0.15) is 4.98 Å². The molecule has 0 amide bonds. The third kappa shape index (κ3) is 3.42. The van der Waals surface area contributed by atoms with Crippen molar-refractivity contribution in [1.29, 1.82) is 0 Å². The summed E-state index contributed by atoms with van der Waals surface area (Å²) in [4.78, 5) is 39.4. The molecule has 26 heavy (non-hydrogen) atoms. The lowest BCUT2D eigenvalue weighted by molar-refractivity contribution is -0.0218. The quantitative estimate of drug-likeness (QED) is 0.289. The van der Waals surface area contributed by atoms with E-state index in [1.165, 1.54) is 4.90 Å². The number of hydrogen-bond acceptors (Lipinski definition) is 10. The highest BCUT2D eigenvalue weighted by Gasteiger charge is 2.49. The number of phosphoric ester groups is 1. The summed E-state index contributed by atoms with van der Waals surface area (Å²) in [5.74, 6) is 0.0621. The minimum Gasteiger partial charge on any atom is -0.387 e. The molecule has 1 aromatic heterocycles. The van der Waals surface area contributed by atoms with Crippen molar-refractivity contribution in [3.8, 4) is 0 Å². The van der Waals surface area contributed by atoms with Crippen LogP contribution in [0.2, 0.25) is 0 Å². The van der Waals surface area contributed by atoms with Crippen LogP contribution in [0.4, 0.5) is 17.5 Å². The first-order chi connectivity index (χ1) is 12.1. The molecule has 0 bridgehead atoms. The SMILES string of the molecule is CCN1CN([C@@H]2O[C@H](COP(=O)(O)O)[C@@H](O)[C@H]2O)c2nc(N)[nH]c(=O)c21. The summed E-state index contributed by atoms with van der Waals surface area (Å²) < 4.78 is 20.7. The fourth-order valence-electron chi connectivity index (χ4n) is 3.03. The number of fused-ring (bicyclic) bond motifs is 1. The first-order valence-corrected chi connectivity index (χ1v) is 9.28. The van der Waals surface area contributed by atoms with Gasteiger partial charge in [-0.3, -0.25) is 14.3 Å². The van der Waals surface area contributed by atoms with E-state index in [-0.39, 0.29) is 24.1 Å². The zero-order chi connectivity index (χ0) is 19.2. The van der Waals surface area contributed by atoms with Crippen LogP contribution in [0.3, 0.4) is 0 Å². The zero-order valence-electron chi connectivity index (χ0n) is 13.7. The van der Waals surface area contributed by atoms with Crippen molar-refractivity contribution in [2.75, 3.05) is 35.4 Å². The number of phosphoric acid groups is 1. The number of nitrogens with one attached hydrogen (secondary N) is 1. The van der Waals surface area contributed by atoms with E-state index in [2.05, 4.69) is 14.5 Å². The van der Waals surface area contributed by atoms with Crippen molar-refractivity contribution in [3.05, 3.63) is 10.4 Å². The van der Waals surface area contributed by atoms with Crippen LogP contribution in [-0.4, -0.2) is 74.3 Å². The predicted molar refractivity (Wildman–Crippen MR) is 88.3 cm³/mol. The highest BCUT2D eigenvalue weighted by Crippen LogP contribution is 2.39. The van der Waals surface area contributed by atoms with Gasteiger partial charge in [0.2, 0.25) is 5.95 Å². The summed E-state index contributed by atoms with van der Waals surface area (Å²) in [5, 5.41) is 20.4. The van der Waals surface area contributed by atoms with E-state index in [4.69, 9.17) is 20.3 Å². The fourth-order valence-corrected chi connectivity index (χ4v) is 3.37. The van der Waals surface area contributed by atoms with E-state index < -0.39 is 44.5 Å². The Labute approximate surface area is 147 Å². The second kappa shape index (κ2) is 6.78. The number of aromatic nitrogens is 2. The summed E-state index contributed by atoms with van der Waals surface area (Å²) in [6, 6.07) is 0. The molecule has 1 aromatic rings. The molecule has 3 heterocycles. The number of aliphatic hydroxyl groups excluding tert-OH is 2. The maximum Gasteiger partial charge on any atom is 0.469 e. The van der Waals surface area contributed by atoms with E-state index in [1.807, 2.05) is 6.92 Å². The molecule has 14 heteroatoms. The first-order valence-electron chi connectivity index (χ1n) is 7.75. The van der Waals surface area contributed by atoms with Crippen LogP contribution in [0.25, 0.3) is 0 Å². The average Bonchev–Trinajstić information content (AvgIpc) is 3.04. The molecule has 146 valence electrons. The first kappa shape index (κ1) is 19.0. The normalized spacial score (nSPS) is 28.7. The van der Waals surface area contributed by atoms with Gasteiger partial charge in [0.15, 0.2) is 12.0 Å². The van der Waals surface area contributed by atoms with Gasteiger partial charge in [-0.05, 0) is 6.92 Å². The average molecular weight is 393 g/mol. The Balaban J connectivity index is 1.86. The van der Waals surface area contributed by atoms with Gasteiger partial charge < -0.3 is 40.3 Å². The Morgan fingerprint density at radius 3 is 2.73 bits per heavy atom. The van der Waals surface area contributed by atoms with E-state index in [0.717, 1.165) is 0 Å². The van der Waals surface area contributed by atoms with E-state index in [9.17, 15) is 19.6 Å². The lowest BCUT2D eigenvalue weighted by Crippen LogP contribution is -2.46. The lowest BCUT2D eigenvalue weighted by atomic mass is 10.1. The maximum absolute atomic E-state index is 12.2. The standard InChI is InChI=1S/C12H20N5O8P/c1-2-16-4-17(9-6(16)10(20)15-12(13)14-9)11-8(19)7(18)5(25-11)3-24-26(21,22)23/h5,7-8,11,18-19H,2-4H2,1H3,(H2,21,22,23)(H3,13,14,15,20)/t5-,7-,8-,11-/m1/s1. The molecular formula is C12H20N5O8P. The molecular weight excluding hydrogens is 373 g/mol. The molecule has 0 spiro atoms. The molecule has 2 aliphatic heterocycles. The molecule has 7 N–H and O–H groups in total. The molecule has 0 aromatic carbocycles. The molecule has 3 rings (SSSR count). The Bertz CT molecular complexity index is 783. The molecule has 0 aliphatic carbocycles. The number of nitrogen functional groups attached to an aromatic ring is 1. The Hall–Kier alpha value is -1.73. The van der Waals surface area contributed by atoms with Crippen LogP contribution < -0.4 is 21.1 Å². The number of aromatic amines is 1. The lowest BCUT2D eigenvalue weighted by Gasteiger charge is -2.28. The smallest absolute Gasteiger partial charge is 0.387 e. The summed E-state index contributed by atoms with van der Waals surface area (Å²) in [6.07, 6.45) is -5.17. The van der Waals surface area contributed by atoms with Gasteiger partial charge in [0.1, 0.15) is 24.0 Å². The van der Waals surface area contributed by atoms with Crippen molar-refractivity contribution in [1.82, 2.24) is 9.97 Å². The third-order valence-corrected chi connectivity index (χ3v) is 4.72. The number of H-pyrrole nitrogens is 1. The topological polar surface area (TPSA) is 195 Å². The molecule has 0 saturated carbocycles. The number of hydrogen-bond donors (Lipinski definition) is 6. The van der Waals surface area contributed by atoms with E-state index >= 15 is 0 Å². The van der Waals surface area contributed by atoms with Gasteiger partial charge in [-0.1, -0.05) is 0 Å². The summed E-state index contributed by atoms with van der Waals surface area (Å²) in [6.45, 7) is 1.81. The van der Waals surface area contributed by atoms with E-state index in [0.29, 0.717) is 6.54 Å². The largest absolute Gasteiger partial charge is 0.469 e. The molecule has 0 radical (unpaired) electrons. The van der Waals surface area contributed by atoms with Crippen LogP contribution in [0.1, 0.15) is 6.92 Å². The summed E-state index contributed by atoms with van der Waals surface area (Å²) in [7, 11) is -4.76. The van der Waals surface area contributed by atoms with Crippen molar-refractivity contribution in [2.45, 2.75) is 31.5 Å². The number of nitrogens with two attached hydrogens (primary N) is 1. The van der Waals surface area contributed by atoms with Crippen molar-refractivity contribution < 1.29 is 33.8 Å². The monoisotopic (exact) mass is 393 g/mol. The highest BCUT2D eigenvalue weighted by atomic mass is 31.2. The number of anilines is 3. The third-order valence-electron chi connectivity index (χ3n) is 4.24. The van der Waals surface area contributed by atoms with Crippen LogP contribution in [0.5, 0.6) is 0 Å². The van der Waals surface area contributed by atoms with Crippen molar-refractivity contribution in [3.63, 3.8) is 0 Å². The van der Waals surface area contributed by atoms with Crippen LogP contribution in [-0.2, 0) is 13.8 Å². The van der Waals surface area contributed by atoms with Gasteiger partial charge in [-0.15, -0.1) is 0 Å². The fraction of sp³-hybridized carbons (Fsp3) is 0.667. The second-order valence-corrected chi connectivity index (χ2v) is 7.16. The van der Waals surface area contributed by atoms with Crippen molar-refractivity contribution >= 4 is 25.3 Å². The van der Waals surface area contributed by atoms with Crippen LogP contribution in [0.15, 0.2) is 4.79 Å². The summed E-state index contributed by atoms with van der Waals surface area (Å²) >= 11 is 0. The number of aliphatic hydroxyl groups is 2. The number of nitrogens with zero attached hydrogens (tertiary/aromatic N) is 3. The molecule has 0 unspecified atom stereocenters. The molecule has 4 atom stereocenters. The second-order valence-electron chi connectivity index (χ2n) is 5.92. The number of rotatable bonds is 5.